The molecule has 1 heterocycles. The second-order valence-corrected chi connectivity index (χ2v) is 5.78. The van der Waals surface area contributed by atoms with Crippen LogP contribution in [0, 0.1) is 5.82 Å². The van der Waals surface area contributed by atoms with E-state index in [1.54, 1.807) is 18.2 Å². The topological polar surface area (TPSA) is 78.7 Å². The summed E-state index contributed by atoms with van der Waals surface area (Å²) in [5.74, 6) is -0.584. The summed E-state index contributed by atoms with van der Waals surface area (Å²) in [5.41, 5.74) is 5.68. The molecule has 3 amide bonds. The molecule has 1 fully saturated rings. The van der Waals surface area contributed by atoms with E-state index in [1.165, 1.54) is 13.1 Å². The van der Waals surface area contributed by atoms with E-state index in [2.05, 4.69) is 10.2 Å². The summed E-state index contributed by atoms with van der Waals surface area (Å²) in [6.07, 6.45) is 2.15. The van der Waals surface area contributed by atoms with Crippen molar-refractivity contribution in [1.82, 2.24) is 15.1 Å². The zero-order valence-electron chi connectivity index (χ0n) is 13.3. The summed E-state index contributed by atoms with van der Waals surface area (Å²) < 4.78 is 14.1. The van der Waals surface area contributed by atoms with Crippen molar-refractivity contribution < 1.29 is 14.0 Å². The highest BCUT2D eigenvalue weighted by atomic mass is 19.1. The third-order valence-electron chi connectivity index (χ3n) is 4.10. The molecule has 6 nitrogen and oxygen atoms in total. The lowest BCUT2D eigenvalue weighted by Crippen LogP contribution is -2.43. The zero-order chi connectivity index (χ0) is 16.8. The number of likely N-dealkylation sites (tertiary alicyclic amines) is 1. The third-order valence-corrected chi connectivity index (χ3v) is 4.10. The van der Waals surface area contributed by atoms with E-state index in [0.717, 1.165) is 30.8 Å². The number of urea groups is 1. The minimum absolute atomic E-state index is 0.112. The molecule has 1 aromatic rings. The maximum atomic E-state index is 14.1. The molecule has 3 N–H and O–H groups in total. The first-order valence-electron chi connectivity index (χ1n) is 7.74. The molecule has 0 saturated carbocycles. The molecule has 0 bridgehead atoms. The average Bonchev–Trinajstić information content (AvgIpc) is 3.03. The normalized spacial score (nSPS) is 16.1. The summed E-state index contributed by atoms with van der Waals surface area (Å²) in [6.45, 7) is 1.96. The number of rotatable bonds is 6. The number of carbonyl (C=O) groups excluding carboxylic acids is 2. The third kappa shape index (κ3) is 4.66. The van der Waals surface area contributed by atoms with Crippen LogP contribution in [0.25, 0.3) is 0 Å². The molecular formula is C16H23FN4O2. The highest BCUT2D eigenvalue weighted by Crippen LogP contribution is 2.26. The molecular weight excluding hydrogens is 299 g/mol. The Kier molecular flexibility index (Phi) is 5.92. The van der Waals surface area contributed by atoms with E-state index in [4.69, 9.17) is 5.73 Å². The Bertz CT molecular complexity index is 561. The Labute approximate surface area is 135 Å². The number of amides is 3. The number of nitrogens with one attached hydrogen (secondary N) is 1. The van der Waals surface area contributed by atoms with Crippen molar-refractivity contribution in [2.45, 2.75) is 18.9 Å². The van der Waals surface area contributed by atoms with Gasteiger partial charge in [-0.15, -0.1) is 0 Å². The molecule has 1 unspecified atom stereocenters. The monoisotopic (exact) mass is 322 g/mol. The molecule has 7 heteroatoms. The van der Waals surface area contributed by atoms with Gasteiger partial charge in [0.05, 0.1) is 6.04 Å². The lowest BCUT2D eigenvalue weighted by Gasteiger charge is -2.28. The van der Waals surface area contributed by atoms with Crippen molar-refractivity contribution in [2.75, 3.05) is 33.2 Å². The molecule has 1 saturated heterocycles. The molecule has 0 spiro atoms. The molecule has 126 valence electrons. The van der Waals surface area contributed by atoms with Crippen molar-refractivity contribution >= 4 is 11.9 Å². The average molecular weight is 322 g/mol. The summed E-state index contributed by atoms with van der Waals surface area (Å²) in [4.78, 5) is 26.2. The van der Waals surface area contributed by atoms with Gasteiger partial charge in [-0.1, -0.05) is 18.2 Å². The highest BCUT2D eigenvalue weighted by molar-refractivity contribution is 5.83. The van der Waals surface area contributed by atoms with Crippen molar-refractivity contribution in [3.8, 4) is 0 Å². The number of benzene rings is 1. The first-order valence-corrected chi connectivity index (χ1v) is 7.74. The molecule has 0 aromatic heterocycles. The largest absolute Gasteiger partial charge is 0.353 e. The van der Waals surface area contributed by atoms with Crippen molar-refractivity contribution in [1.29, 1.82) is 0 Å². The predicted molar refractivity (Wildman–Crippen MR) is 85.2 cm³/mol. The molecule has 1 aromatic carbocycles. The van der Waals surface area contributed by atoms with Crippen LogP contribution >= 0.6 is 0 Å². The number of primary amides is 1. The lowest BCUT2D eigenvalue weighted by molar-refractivity contribution is -0.121. The van der Waals surface area contributed by atoms with Crippen molar-refractivity contribution in [3.63, 3.8) is 0 Å². The van der Waals surface area contributed by atoms with Crippen LogP contribution in [0.5, 0.6) is 0 Å². The van der Waals surface area contributed by atoms with Gasteiger partial charge in [0.2, 0.25) is 5.91 Å². The SMILES string of the molecule is CN(CC(=O)NCC(c1ccccc1F)N1CCCC1)C(N)=O. The summed E-state index contributed by atoms with van der Waals surface area (Å²) in [6, 6.07) is 5.76. The molecule has 2 rings (SSSR count). The van der Waals surface area contributed by atoms with Gasteiger partial charge in [0.15, 0.2) is 0 Å². The van der Waals surface area contributed by atoms with Crippen LogP contribution in [-0.2, 0) is 4.79 Å². The maximum absolute atomic E-state index is 14.1. The van der Waals surface area contributed by atoms with Gasteiger partial charge in [0.25, 0.3) is 0 Å². The van der Waals surface area contributed by atoms with Gasteiger partial charge in [0, 0.05) is 19.2 Å². The number of nitrogens with zero attached hydrogens (tertiary/aromatic N) is 2. The van der Waals surface area contributed by atoms with Gasteiger partial charge < -0.3 is 16.0 Å². The Hall–Kier alpha value is -2.15. The fourth-order valence-electron chi connectivity index (χ4n) is 2.79. The van der Waals surface area contributed by atoms with E-state index in [1.807, 2.05) is 0 Å². The van der Waals surface area contributed by atoms with Crippen LogP contribution in [-0.4, -0.2) is 55.0 Å². The fraction of sp³-hybridized carbons (Fsp3) is 0.500. The maximum Gasteiger partial charge on any atom is 0.314 e. The van der Waals surface area contributed by atoms with Crippen LogP contribution in [0.2, 0.25) is 0 Å². The molecule has 0 aliphatic carbocycles. The first kappa shape index (κ1) is 17.2. The van der Waals surface area contributed by atoms with E-state index in [0.29, 0.717) is 12.1 Å². The van der Waals surface area contributed by atoms with Crippen molar-refractivity contribution in [3.05, 3.63) is 35.6 Å². The number of halogens is 1. The molecule has 1 atom stereocenters. The summed E-state index contributed by atoms with van der Waals surface area (Å²) in [5, 5.41) is 2.77. The number of likely N-dealkylation sites (N-methyl/N-ethyl adjacent to an activating group) is 1. The Balaban J connectivity index is 2.02. The molecule has 1 aliphatic heterocycles. The van der Waals surface area contributed by atoms with Crippen LogP contribution in [0.3, 0.4) is 0 Å². The van der Waals surface area contributed by atoms with Gasteiger partial charge in [-0.25, -0.2) is 9.18 Å². The van der Waals surface area contributed by atoms with Crippen LogP contribution in [0.1, 0.15) is 24.4 Å². The second kappa shape index (κ2) is 7.92. The highest BCUT2D eigenvalue weighted by Gasteiger charge is 2.26. The van der Waals surface area contributed by atoms with Crippen LogP contribution < -0.4 is 11.1 Å². The van der Waals surface area contributed by atoms with E-state index < -0.39 is 6.03 Å². The second-order valence-electron chi connectivity index (χ2n) is 5.78. The van der Waals surface area contributed by atoms with Gasteiger partial charge in [-0.3, -0.25) is 9.69 Å². The number of carbonyl (C=O) groups is 2. The van der Waals surface area contributed by atoms with Gasteiger partial charge in [-0.05, 0) is 32.0 Å². The minimum atomic E-state index is -0.662. The smallest absolute Gasteiger partial charge is 0.314 e. The van der Waals surface area contributed by atoms with Gasteiger partial charge >= 0.3 is 6.03 Å². The lowest BCUT2D eigenvalue weighted by atomic mass is 10.0. The standard InChI is InChI=1S/C16H23FN4O2/c1-20(16(18)23)11-15(22)19-10-14(21-8-4-5-9-21)12-6-2-3-7-13(12)17/h2-3,6-7,14H,4-5,8-11H2,1H3,(H2,18,23)(H,19,22). The summed E-state index contributed by atoms with van der Waals surface area (Å²) in [7, 11) is 1.46. The quantitative estimate of drug-likeness (QED) is 0.823. The van der Waals surface area contributed by atoms with Crippen LogP contribution in [0.15, 0.2) is 24.3 Å². The number of hydrogen-bond donors (Lipinski definition) is 2. The molecule has 23 heavy (non-hydrogen) atoms. The Morgan fingerprint density at radius 1 is 1.35 bits per heavy atom. The fourth-order valence-corrected chi connectivity index (χ4v) is 2.79. The number of nitrogens with two attached hydrogens (primary N) is 1. The van der Waals surface area contributed by atoms with Crippen LogP contribution in [0.4, 0.5) is 9.18 Å². The number of hydrogen-bond acceptors (Lipinski definition) is 3. The van der Waals surface area contributed by atoms with Gasteiger partial charge in [-0.2, -0.15) is 0 Å². The molecule has 0 radical (unpaired) electrons. The van der Waals surface area contributed by atoms with E-state index in [9.17, 15) is 14.0 Å². The predicted octanol–water partition coefficient (Wildman–Crippen LogP) is 1.09. The van der Waals surface area contributed by atoms with E-state index >= 15 is 0 Å². The Morgan fingerprint density at radius 3 is 2.61 bits per heavy atom. The minimum Gasteiger partial charge on any atom is -0.353 e. The van der Waals surface area contributed by atoms with Gasteiger partial charge in [0.1, 0.15) is 12.4 Å². The molecule has 1 aliphatic rings. The zero-order valence-corrected chi connectivity index (χ0v) is 13.3. The Morgan fingerprint density at radius 2 is 2.00 bits per heavy atom. The first-order chi connectivity index (χ1) is 11.0. The summed E-state index contributed by atoms with van der Waals surface area (Å²) >= 11 is 0. The van der Waals surface area contributed by atoms with Crippen molar-refractivity contribution in [2.24, 2.45) is 5.73 Å². The van der Waals surface area contributed by atoms with E-state index in [-0.39, 0.29) is 24.3 Å².